The quantitative estimate of drug-likeness (QED) is 0.883. The monoisotopic (exact) mass is 312 g/mol. The van der Waals surface area contributed by atoms with Crippen LogP contribution in [0.15, 0.2) is 23.1 Å². The Kier molecular flexibility index (Phi) is 3.43. The van der Waals surface area contributed by atoms with E-state index >= 15 is 0 Å². The topological polar surface area (TPSA) is 64.1 Å². The molecule has 20 heavy (non-hydrogen) atoms. The van der Waals surface area contributed by atoms with Gasteiger partial charge >= 0.3 is 0 Å². The first-order valence-corrected chi connectivity index (χ1v) is 8.80. The van der Waals surface area contributed by atoms with Gasteiger partial charge < -0.3 is 14.3 Å². The third-order valence-corrected chi connectivity index (χ3v) is 5.04. The van der Waals surface area contributed by atoms with Crippen LogP contribution in [-0.2, 0) is 21.1 Å². The maximum Gasteiger partial charge on any atom is 0.178 e. The van der Waals surface area contributed by atoms with Gasteiger partial charge in [-0.3, -0.25) is 0 Å². The van der Waals surface area contributed by atoms with Gasteiger partial charge in [-0.25, -0.2) is 8.42 Å². The van der Waals surface area contributed by atoms with Crippen molar-refractivity contribution >= 4 is 33.1 Å². The standard InChI is InChI=1S/C13H16N2O3S2/c1-20(16,17)11-6-2-5-10-12(11)14-13(19)15(10)8-9-4-3-7-18-9/h2,5-6,9H,3-4,7-8H2,1H3,(H,14,19). The Morgan fingerprint density at radius 1 is 1.50 bits per heavy atom. The van der Waals surface area contributed by atoms with Crippen LogP contribution < -0.4 is 0 Å². The van der Waals surface area contributed by atoms with Crippen LogP contribution in [0, 0.1) is 4.77 Å². The van der Waals surface area contributed by atoms with Gasteiger partial charge in [0.2, 0.25) is 0 Å². The van der Waals surface area contributed by atoms with E-state index in [4.69, 9.17) is 17.0 Å². The Balaban J connectivity index is 2.14. The van der Waals surface area contributed by atoms with Crippen molar-refractivity contribution in [1.29, 1.82) is 0 Å². The minimum absolute atomic E-state index is 0.155. The Morgan fingerprint density at radius 2 is 2.30 bits per heavy atom. The first-order chi connectivity index (χ1) is 9.47. The number of fused-ring (bicyclic) bond motifs is 1. The number of sulfone groups is 1. The first-order valence-electron chi connectivity index (χ1n) is 6.50. The fourth-order valence-corrected chi connectivity index (χ4v) is 3.76. The predicted molar refractivity (Wildman–Crippen MR) is 79.2 cm³/mol. The SMILES string of the molecule is CS(=O)(=O)c1cccc2c1[nH]c(=S)n2CC1CCCO1. The van der Waals surface area contributed by atoms with Crippen molar-refractivity contribution in [3.63, 3.8) is 0 Å². The average Bonchev–Trinajstić information content (AvgIpc) is 2.97. The summed E-state index contributed by atoms with van der Waals surface area (Å²) < 4.78 is 31.7. The fraction of sp³-hybridized carbons (Fsp3) is 0.462. The molecule has 2 heterocycles. The molecule has 0 radical (unpaired) electrons. The second-order valence-electron chi connectivity index (χ2n) is 5.10. The molecule has 0 amide bonds. The largest absolute Gasteiger partial charge is 0.376 e. The number of imidazole rings is 1. The van der Waals surface area contributed by atoms with E-state index in [0.717, 1.165) is 25.0 Å². The van der Waals surface area contributed by atoms with E-state index in [-0.39, 0.29) is 11.0 Å². The molecular weight excluding hydrogens is 296 g/mol. The van der Waals surface area contributed by atoms with Crippen LogP contribution in [0.1, 0.15) is 12.8 Å². The van der Waals surface area contributed by atoms with E-state index in [1.165, 1.54) is 6.26 Å². The summed E-state index contributed by atoms with van der Waals surface area (Å²) in [6.45, 7) is 1.45. The predicted octanol–water partition coefficient (Wildman–Crippen LogP) is 2.28. The molecule has 108 valence electrons. The van der Waals surface area contributed by atoms with Gasteiger partial charge in [0.25, 0.3) is 0 Å². The van der Waals surface area contributed by atoms with E-state index < -0.39 is 9.84 Å². The normalized spacial score (nSPS) is 19.8. The van der Waals surface area contributed by atoms with Crippen LogP contribution in [0.4, 0.5) is 0 Å². The first kappa shape index (κ1) is 13.8. The van der Waals surface area contributed by atoms with Crippen LogP contribution >= 0.6 is 12.2 Å². The molecule has 2 aromatic rings. The molecule has 3 rings (SSSR count). The smallest absolute Gasteiger partial charge is 0.178 e. The molecule has 1 aromatic carbocycles. The molecule has 1 aromatic heterocycles. The number of aromatic nitrogens is 2. The number of hydrogen-bond donors (Lipinski definition) is 1. The molecule has 1 N–H and O–H groups in total. The van der Waals surface area contributed by atoms with Crippen LogP contribution in [0.5, 0.6) is 0 Å². The molecule has 0 aliphatic carbocycles. The Morgan fingerprint density at radius 3 is 2.95 bits per heavy atom. The second kappa shape index (κ2) is 4.98. The van der Waals surface area contributed by atoms with Crippen molar-refractivity contribution < 1.29 is 13.2 Å². The molecular formula is C13H16N2O3S2. The summed E-state index contributed by atoms with van der Waals surface area (Å²) in [7, 11) is -3.28. The Hall–Kier alpha value is -1.18. The van der Waals surface area contributed by atoms with Crippen LogP contribution in [0.25, 0.3) is 11.0 Å². The van der Waals surface area contributed by atoms with Crippen molar-refractivity contribution in [3.8, 4) is 0 Å². The molecule has 0 saturated carbocycles. The Bertz CT molecular complexity index is 799. The maximum atomic E-state index is 11.8. The number of para-hydroxylation sites is 1. The van der Waals surface area contributed by atoms with E-state index in [1.807, 2.05) is 10.6 Å². The van der Waals surface area contributed by atoms with Crippen LogP contribution in [0.2, 0.25) is 0 Å². The van der Waals surface area contributed by atoms with Gasteiger partial charge in [0.05, 0.1) is 28.6 Å². The lowest BCUT2D eigenvalue weighted by Gasteiger charge is -2.11. The summed E-state index contributed by atoms with van der Waals surface area (Å²) in [5.41, 5.74) is 1.39. The molecule has 1 unspecified atom stereocenters. The molecule has 1 aliphatic rings. The number of nitrogens with zero attached hydrogens (tertiary/aromatic N) is 1. The highest BCUT2D eigenvalue weighted by molar-refractivity contribution is 7.91. The van der Waals surface area contributed by atoms with Gasteiger partial charge in [-0.1, -0.05) is 6.07 Å². The van der Waals surface area contributed by atoms with Crippen molar-refractivity contribution in [2.45, 2.75) is 30.4 Å². The number of nitrogens with one attached hydrogen (secondary N) is 1. The van der Waals surface area contributed by atoms with Gasteiger partial charge in [0.15, 0.2) is 14.6 Å². The lowest BCUT2D eigenvalue weighted by molar-refractivity contribution is 0.0976. The number of hydrogen-bond acceptors (Lipinski definition) is 4. The molecule has 1 saturated heterocycles. The van der Waals surface area contributed by atoms with Crippen molar-refractivity contribution in [2.75, 3.05) is 12.9 Å². The minimum atomic E-state index is -3.28. The van der Waals surface area contributed by atoms with Crippen LogP contribution in [-0.4, -0.2) is 36.9 Å². The molecule has 0 spiro atoms. The zero-order valence-electron chi connectivity index (χ0n) is 11.1. The third-order valence-electron chi connectivity index (χ3n) is 3.58. The van der Waals surface area contributed by atoms with E-state index in [0.29, 0.717) is 16.8 Å². The highest BCUT2D eigenvalue weighted by Gasteiger charge is 2.20. The summed E-state index contributed by atoms with van der Waals surface area (Å²) in [6.07, 6.45) is 3.44. The maximum absolute atomic E-state index is 11.8. The van der Waals surface area contributed by atoms with Crippen molar-refractivity contribution in [3.05, 3.63) is 23.0 Å². The lowest BCUT2D eigenvalue weighted by atomic mass is 10.2. The zero-order chi connectivity index (χ0) is 14.3. The second-order valence-corrected chi connectivity index (χ2v) is 7.47. The molecule has 0 bridgehead atoms. The number of H-pyrrole nitrogens is 1. The third kappa shape index (κ3) is 2.41. The lowest BCUT2D eigenvalue weighted by Crippen LogP contribution is -2.14. The highest BCUT2D eigenvalue weighted by atomic mass is 32.2. The summed E-state index contributed by atoms with van der Waals surface area (Å²) in [6, 6.07) is 5.22. The van der Waals surface area contributed by atoms with Crippen LogP contribution in [0.3, 0.4) is 0 Å². The van der Waals surface area contributed by atoms with E-state index in [9.17, 15) is 8.42 Å². The number of benzene rings is 1. The molecule has 5 nitrogen and oxygen atoms in total. The number of aromatic amines is 1. The van der Waals surface area contributed by atoms with Crippen molar-refractivity contribution in [2.24, 2.45) is 0 Å². The molecule has 1 fully saturated rings. The zero-order valence-corrected chi connectivity index (χ0v) is 12.8. The van der Waals surface area contributed by atoms with Gasteiger partial charge in [-0.05, 0) is 37.2 Å². The Labute approximate surface area is 122 Å². The van der Waals surface area contributed by atoms with Gasteiger partial charge in [0, 0.05) is 12.9 Å². The number of ether oxygens (including phenoxy) is 1. The highest BCUT2D eigenvalue weighted by Crippen LogP contribution is 2.24. The molecule has 1 aliphatic heterocycles. The van der Waals surface area contributed by atoms with Gasteiger partial charge in [-0.2, -0.15) is 0 Å². The molecule has 1 atom stereocenters. The minimum Gasteiger partial charge on any atom is -0.376 e. The summed E-state index contributed by atoms with van der Waals surface area (Å²) in [4.78, 5) is 3.30. The van der Waals surface area contributed by atoms with E-state index in [2.05, 4.69) is 4.98 Å². The number of rotatable bonds is 3. The molecule has 7 heteroatoms. The summed E-state index contributed by atoms with van der Waals surface area (Å²) >= 11 is 5.33. The van der Waals surface area contributed by atoms with Gasteiger partial charge in [-0.15, -0.1) is 0 Å². The van der Waals surface area contributed by atoms with Gasteiger partial charge in [0.1, 0.15) is 0 Å². The van der Waals surface area contributed by atoms with Crippen molar-refractivity contribution in [1.82, 2.24) is 9.55 Å². The van der Waals surface area contributed by atoms with E-state index in [1.54, 1.807) is 12.1 Å². The summed E-state index contributed by atoms with van der Waals surface area (Å²) in [5.74, 6) is 0. The summed E-state index contributed by atoms with van der Waals surface area (Å²) in [5, 5.41) is 0. The average molecular weight is 312 g/mol. The fourth-order valence-electron chi connectivity index (χ4n) is 2.64.